The van der Waals surface area contributed by atoms with Crippen molar-refractivity contribution in [2.45, 2.75) is 55.4 Å². The summed E-state index contributed by atoms with van der Waals surface area (Å²) >= 11 is 0. The molecule has 16 nitrogen and oxygen atoms in total. The molecule has 2 radical (unpaired) electrons. The molecule has 0 bridgehead atoms. The van der Waals surface area contributed by atoms with Gasteiger partial charge in [-0.3, -0.25) is 0 Å². The summed E-state index contributed by atoms with van der Waals surface area (Å²) < 4.78 is 0. The summed E-state index contributed by atoms with van der Waals surface area (Å²) in [6, 6.07) is 0. The van der Waals surface area contributed by atoms with Gasteiger partial charge in [0.15, 0.2) is 0 Å². The van der Waals surface area contributed by atoms with Gasteiger partial charge in [0.25, 0.3) is 0 Å². The number of hydrogen-bond donors (Lipinski definition) is 0. The monoisotopic (exact) mass is 582 g/mol. The predicted octanol–water partition coefficient (Wildman–Crippen LogP) is 3.61. The fourth-order valence-electron chi connectivity index (χ4n) is 0.528. The molecule has 34 heavy (non-hydrogen) atoms. The Labute approximate surface area is 218 Å². The van der Waals surface area contributed by atoms with Gasteiger partial charge in [-0.2, -0.15) is 0 Å². The van der Waals surface area contributed by atoms with Crippen molar-refractivity contribution in [3.8, 4) is 0 Å². The minimum absolute atomic E-state index is 0. The largest absolute Gasteiger partial charge is 0.792 e. The van der Waals surface area contributed by atoms with E-state index in [4.69, 9.17) is 0 Å². The second-order valence-corrected chi connectivity index (χ2v) is 5.41. The van der Waals surface area contributed by atoms with E-state index in [-0.39, 0.29) is 79.8 Å². The second-order valence-electron chi connectivity index (χ2n) is 5.41. The molecule has 0 unspecified atom stereocenters. The van der Waals surface area contributed by atoms with E-state index >= 15 is 0 Å². The predicted molar refractivity (Wildman–Crippen MR) is 132 cm³/mol. The number of nitrogens with zero attached hydrogens (tertiary/aromatic N) is 8. The molecular weight excluding hydrogens is 559 g/mol. The first kappa shape index (κ1) is 44.5. The normalized spacial score (nSPS) is 13.4. The Bertz CT molecular complexity index is 587. The van der Waals surface area contributed by atoms with Crippen LogP contribution in [0.15, 0.2) is 41.2 Å². The van der Waals surface area contributed by atoms with Crippen molar-refractivity contribution in [2.24, 2.45) is 41.2 Å². The molecule has 0 N–H and O–H groups in total. The van der Waals surface area contributed by atoms with Crippen molar-refractivity contribution >= 4 is 45.7 Å². The third-order valence-corrected chi connectivity index (χ3v) is 3.19. The van der Waals surface area contributed by atoms with Crippen molar-refractivity contribution < 1.29 is 34.1 Å². The van der Waals surface area contributed by atoms with Crippen LogP contribution in [0.4, 0.5) is 0 Å². The maximum absolute atomic E-state index is 9.60. The Balaban J connectivity index is -0.0000000754. The molecule has 0 aromatic heterocycles. The molecule has 0 amide bonds. The van der Waals surface area contributed by atoms with Gasteiger partial charge in [-0.05, 0) is 55.4 Å². The Morgan fingerprint density at radius 1 is 0.265 bits per heavy atom. The van der Waals surface area contributed by atoms with Crippen LogP contribution in [0.25, 0.3) is 0 Å². The van der Waals surface area contributed by atoms with Crippen LogP contribution in [0.2, 0.25) is 0 Å². The van der Waals surface area contributed by atoms with Gasteiger partial charge in [0.1, 0.15) is 0 Å². The van der Waals surface area contributed by atoms with Crippen molar-refractivity contribution in [2.75, 3.05) is 0 Å². The zero-order valence-corrected chi connectivity index (χ0v) is 21.3. The summed E-state index contributed by atoms with van der Waals surface area (Å²) in [5.41, 5.74) is 1.11. The van der Waals surface area contributed by atoms with E-state index < -0.39 is 0 Å². The van der Waals surface area contributed by atoms with Crippen molar-refractivity contribution in [3.63, 3.8) is 0 Å². The smallest absolute Gasteiger partial charge is 0.0465 e. The van der Waals surface area contributed by atoms with Crippen LogP contribution < -0.4 is 0 Å². The van der Waals surface area contributed by atoms with Crippen LogP contribution in [-0.2, 0) is 34.1 Å². The van der Waals surface area contributed by atoms with E-state index in [1.165, 1.54) is 55.4 Å². The van der Waals surface area contributed by atoms with Gasteiger partial charge in [-0.25, -0.2) is 0 Å². The van der Waals surface area contributed by atoms with Gasteiger partial charge in [0.05, 0.1) is 0 Å². The number of rotatable bonds is 4. The quantitative estimate of drug-likeness (QED) is 0.267. The van der Waals surface area contributed by atoms with E-state index in [2.05, 4.69) is 41.2 Å². The molecule has 0 saturated carbocycles. The standard InChI is InChI=1S/4C4H8N2O2.2Cu/c4*1-3(5-7)4(2)6-8;;/h4*7-8H,1-2H3;;/p-8/b4*5-3+,6-4+;;. The third-order valence-electron chi connectivity index (χ3n) is 3.19. The Morgan fingerprint density at radius 3 is 0.353 bits per heavy atom. The Morgan fingerprint density at radius 2 is 0.324 bits per heavy atom. The fraction of sp³-hybridized carbons (Fsp3) is 0.500. The minimum Gasteiger partial charge on any atom is -0.792 e. The molecule has 0 aromatic carbocycles. The molecule has 0 spiro atoms. The molecule has 0 atom stereocenters. The van der Waals surface area contributed by atoms with Gasteiger partial charge in [0.2, 0.25) is 0 Å². The van der Waals surface area contributed by atoms with Crippen LogP contribution >= 0.6 is 0 Å². The summed E-state index contributed by atoms with van der Waals surface area (Å²) in [7, 11) is 0. The van der Waals surface area contributed by atoms with E-state index in [9.17, 15) is 41.7 Å². The van der Waals surface area contributed by atoms with Gasteiger partial charge >= 0.3 is 0 Å². The third kappa shape index (κ3) is 26.8. The second kappa shape index (κ2) is 29.8. The molecule has 0 aliphatic heterocycles. The van der Waals surface area contributed by atoms with Crippen molar-refractivity contribution in [1.82, 2.24) is 0 Å². The van der Waals surface area contributed by atoms with Crippen LogP contribution in [0.3, 0.4) is 0 Å². The summed E-state index contributed by atoms with van der Waals surface area (Å²) in [5, 5.41) is 96.7. The van der Waals surface area contributed by atoms with E-state index in [0.29, 0.717) is 0 Å². The first-order valence-electron chi connectivity index (χ1n) is 8.25. The molecule has 206 valence electrons. The topological polar surface area (TPSA) is 283 Å². The first-order valence-corrected chi connectivity index (χ1v) is 8.25. The number of hydrogen-bond acceptors (Lipinski definition) is 16. The van der Waals surface area contributed by atoms with Gasteiger partial charge in [-0.15, -0.1) is 0 Å². The van der Waals surface area contributed by atoms with E-state index in [0.717, 1.165) is 0 Å². The molecule has 0 aromatic rings. The molecular formula is C16H24Cu2N8O8-8. The summed E-state index contributed by atoms with van der Waals surface area (Å²) in [5.74, 6) is 0. The Hall–Kier alpha value is -3.20. The van der Waals surface area contributed by atoms with Gasteiger partial charge < -0.3 is 82.9 Å². The van der Waals surface area contributed by atoms with E-state index in [1.807, 2.05) is 0 Å². The van der Waals surface area contributed by atoms with Crippen molar-refractivity contribution in [1.29, 1.82) is 0 Å². The van der Waals surface area contributed by atoms with E-state index in [1.54, 1.807) is 0 Å². The summed E-state index contributed by atoms with van der Waals surface area (Å²) in [6.45, 7) is 11.5. The maximum Gasteiger partial charge on any atom is 0.0465 e. The fourth-order valence-corrected chi connectivity index (χ4v) is 0.528. The van der Waals surface area contributed by atoms with Crippen LogP contribution in [0.5, 0.6) is 0 Å². The van der Waals surface area contributed by atoms with Crippen LogP contribution in [-0.4, -0.2) is 45.7 Å². The van der Waals surface area contributed by atoms with Crippen LogP contribution in [0.1, 0.15) is 55.4 Å². The molecule has 0 fully saturated rings. The minimum atomic E-state index is 0. The zero-order valence-electron chi connectivity index (χ0n) is 19.4. The molecule has 0 saturated heterocycles. The van der Waals surface area contributed by atoms with Crippen LogP contribution in [0, 0.1) is 41.7 Å². The van der Waals surface area contributed by atoms with Gasteiger partial charge in [-0.1, -0.05) is 0 Å². The zero-order chi connectivity index (χ0) is 26.3. The first-order chi connectivity index (χ1) is 14.9. The summed E-state index contributed by atoms with van der Waals surface area (Å²) in [6.07, 6.45) is 0. The SMILES string of the molecule is CC(=N\[O-])/C(C)=N/[O-].CC(=N\[O-])/C(C)=N/[O-].CC(=N\[O-])/C(C)=N/[O-].CC(=N\[O-])/C(C)=N/[O-].[Cu].[Cu]. The molecule has 0 rings (SSSR count). The molecule has 0 aliphatic carbocycles. The average molecular weight is 584 g/mol. The maximum atomic E-state index is 9.60. The summed E-state index contributed by atoms with van der Waals surface area (Å²) in [4.78, 5) is 0. The average Bonchev–Trinajstić information content (AvgIpc) is 2.85. The Kier molecular flexibility index (Phi) is 39.0. The molecule has 18 heteroatoms. The van der Waals surface area contributed by atoms with Crippen molar-refractivity contribution in [3.05, 3.63) is 41.7 Å². The molecule has 0 heterocycles. The molecule has 0 aliphatic rings. The van der Waals surface area contributed by atoms with Gasteiger partial charge in [0, 0.05) is 79.8 Å².